The molecule has 3 aromatic carbocycles. The summed E-state index contributed by atoms with van der Waals surface area (Å²) in [7, 11) is -3.99. The largest absolute Gasteiger partial charge is 0.454 e. The van der Waals surface area contributed by atoms with Gasteiger partial charge in [-0.3, -0.25) is 14.0 Å². The zero-order valence-corrected chi connectivity index (χ0v) is 22.0. The monoisotopic (exact) mass is 541 g/mol. The molecule has 2 aliphatic heterocycles. The second-order valence-corrected chi connectivity index (χ2v) is 11.3. The van der Waals surface area contributed by atoms with Gasteiger partial charge in [0.2, 0.25) is 12.7 Å². The van der Waals surface area contributed by atoms with Crippen molar-refractivity contribution >= 4 is 33.2 Å². The molecule has 0 radical (unpaired) electrons. The van der Waals surface area contributed by atoms with E-state index in [0.717, 1.165) is 23.6 Å². The minimum absolute atomic E-state index is 0.121. The fourth-order valence-electron chi connectivity index (χ4n) is 4.56. The van der Waals surface area contributed by atoms with Crippen molar-refractivity contribution < 1.29 is 22.7 Å². The van der Waals surface area contributed by atoms with Gasteiger partial charge < -0.3 is 14.4 Å². The van der Waals surface area contributed by atoms with Gasteiger partial charge in [0.05, 0.1) is 10.6 Å². The van der Waals surface area contributed by atoms with Gasteiger partial charge in [-0.2, -0.15) is 0 Å². The molecule has 10 heteroatoms. The van der Waals surface area contributed by atoms with Gasteiger partial charge in [-0.15, -0.1) is 0 Å². The Kier molecular flexibility index (Phi) is 7.28. The summed E-state index contributed by atoms with van der Waals surface area (Å²) in [5.74, 6) is 1.26. The molecule has 1 saturated heterocycles. The molecule has 5 rings (SSSR count). The number of fused-ring (bicyclic) bond motifs is 1. The minimum atomic E-state index is -3.99. The summed E-state index contributed by atoms with van der Waals surface area (Å²) < 4.78 is 39.3. The van der Waals surface area contributed by atoms with Gasteiger partial charge in [-0.1, -0.05) is 41.9 Å². The average Bonchev–Trinajstić information content (AvgIpc) is 3.38. The van der Waals surface area contributed by atoms with Crippen LogP contribution in [0.1, 0.15) is 11.1 Å². The summed E-state index contributed by atoms with van der Waals surface area (Å²) in [6.07, 6.45) is 0. The second-order valence-electron chi connectivity index (χ2n) is 9.05. The van der Waals surface area contributed by atoms with Crippen LogP contribution in [0, 0.1) is 6.92 Å². The van der Waals surface area contributed by atoms with E-state index in [1.54, 1.807) is 48.2 Å². The van der Waals surface area contributed by atoms with Crippen molar-refractivity contribution in [2.45, 2.75) is 18.4 Å². The van der Waals surface area contributed by atoms with Crippen LogP contribution in [-0.4, -0.2) is 63.6 Å². The summed E-state index contributed by atoms with van der Waals surface area (Å²) in [6, 6.07) is 19.1. The van der Waals surface area contributed by atoms with Crippen LogP contribution in [0.5, 0.6) is 11.5 Å². The molecule has 0 bridgehead atoms. The van der Waals surface area contributed by atoms with Crippen LogP contribution in [0.4, 0.5) is 5.69 Å². The van der Waals surface area contributed by atoms with Gasteiger partial charge in [-0.05, 0) is 54.4 Å². The molecule has 37 heavy (non-hydrogen) atoms. The smallest absolute Gasteiger partial charge is 0.264 e. The van der Waals surface area contributed by atoms with Crippen molar-refractivity contribution in [1.29, 1.82) is 0 Å². The maximum absolute atomic E-state index is 13.6. The Morgan fingerprint density at radius 2 is 1.68 bits per heavy atom. The Hall–Kier alpha value is -3.27. The maximum atomic E-state index is 13.6. The number of rotatable bonds is 7. The Morgan fingerprint density at radius 3 is 2.43 bits per heavy atom. The van der Waals surface area contributed by atoms with Crippen molar-refractivity contribution in [3.63, 3.8) is 0 Å². The van der Waals surface area contributed by atoms with E-state index in [2.05, 4.69) is 4.90 Å². The number of hydrogen-bond acceptors (Lipinski definition) is 6. The number of halogens is 1. The standard InChI is InChI=1S/C27H28ClN3O5S/c1-20-23(28)8-5-9-24(20)31(37(33,34)22-6-3-2-4-7-22)18-27(32)30-14-12-29(13-15-30)17-21-10-11-25-26(16-21)36-19-35-25/h2-11,16H,12-15,17-19H2,1H3. The number of amides is 1. The van der Waals surface area contributed by atoms with Crippen molar-refractivity contribution in [1.82, 2.24) is 9.80 Å². The third-order valence-electron chi connectivity index (χ3n) is 6.69. The Bertz CT molecular complexity index is 1390. The highest BCUT2D eigenvalue weighted by atomic mass is 35.5. The first-order valence-electron chi connectivity index (χ1n) is 12.0. The van der Waals surface area contributed by atoms with E-state index in [1.165, 1.54) is 16.4 Å². The normalized spacial score (nSPS) is 15.6. The number of anilines is 1. The lowest BCUT2D eigenvalue weighted by Crippen LogP contribution is -2.51. The lowest BCUT2D eigenvalue weighted by Gasteiger charge is -2.36. The fourth-order valence-corrected chi connectivity index (χ4v) is 6.22. The van der Waals surface area contributed by atoms with Gasteiger partial charge in [0.1, 0.15) is 6.54 Å². The molecule has 194 valence electrons. The molecule has 2 heterocycles. The van der Waals surface area contributed by atoms with Gasteiger partial charge in [0.15, 0.2) is 11.5 Å². The Balaban J connectivity index is 1.29. The fraction of sp³-hybridized carbons (Fsp3) is 0.296. The molecule has 3 aromatic rings. The third-order valence-corrected chi connectivity index (χ3v) is 8.87. The van der Waals surface area contributed by atoms with E-state index in [9.17, 15) is 13.2 Å². The van der Waals surface area contributed by atoms with Crippen LogP contribution in [0.25, 0.3) is 0 Å². The van der Waals surface area contributed by atoms with Crippen LogP contribution in [0.3, 0.4) is 0 Å². The summed E-state index contributed by atoms with van der Waals surface area (Å²) in [5, 5.41) is 0.440. The van der Waals surface area contributed by atoms with Crippen LogP contribution in [-0.2, 0) is 21.4 Å². The molecule has 0 aliphatic carbocycles. The van der Waals surface area contributed by atoms with E-state index >= 15 is 0 Å². The zero-order chi connectivity index (χ0) is 26.0. The van der Waals surface area contributed by atoms with E-state index in [1.807, 2.05) is 18.2 Å². The van der Waals surface area contributed by atoms with Gasteiger partial charge in [-0.25, -0.2) is 8.42 Å². The Labute approximate surface area is 222 Å². The number of piperazine rings is 1. The third kappa shape index (κ3) is 5.39. The molecule has 0 atom stereocenters. The Morgan fingerprint density at radius 1 is 0.946 bits per heavy atom. The van der Waals surface area contributed by atoms with Crippen molar-refractivity contribution in [2.24, 2.45) is 0 Å². The summed E-state index contributed by atoms with van der Waals surface area (Å²) in [4.78, 5) is 17.5. The van der Waals surface area contributed by atoms with Gasteiger partial charge in [0.25, 0.3) is 10.0 Å². The highest BCUT2D eigenvalue weighted by Gasteiger charge is 2.31. The van der Waals surface area contributed by atoms with E-state index < -0.39 is 10.0 Å². The quantitative estimate of drug-likeness (QED) is 0.451. The van der Waals surface area contributed by atoms with Crippen molar-refractivity contribution in [3.8, 4) is 11.5 Å². The summed E-state index contributed by atoms with van der Waals surface area (Å²) in [6.45, 7) is 4.81. The summed E-state index contributed by atoms with van der Waals surface area (Å²) >= 11 is 6.32. The van der Waals surface area contributed by atoms with Crippen LogP contribution >= 0.6 is 11.6 Å². The first kappa shape index (κ1) is 25.4. The molecule has 0 saturated carbocycles. The highest BCUT2D eigenvalue weighted by Crippen LogP contribution is 2.33. The molecular formula is C27H28ClN3O5S. The molecule has 1 fully saturated rings. The zero-order valence-electron chi connectivity index (χ0n) is 20.5. The molecule has 0 unspecified atom stereocenters. The predicted molar refractivity (Wildman–Crippen MR) is 142 cm³/mol. The maximum Gasteiger partial charge on any atom is 0.264 e. The predicted octanol–water partition coefficient (Wildman–Crippen LogP) is 3.92. The first-order chi connectivity index (χ1) is 17.8. The molecule has 0 spiro atoms. The van der Waals surface area contributed by atoms with E-state index in [0.29, 0.717) is 42.5 Å². The SMILES string of the molecule is Cc1c(Cl)cccc1N(CC(=O)N1CCN(Cc2ccc3c(c2)OCO3)CC1)S(=O)(=O)c1ccccc1. The summed E-state index contributed by atoms with van der Waals surface area (Å²) in [5.41, 5.74) is 2.11. The molecule has 8 nitrogen and oxygen atoms in total. The van der Waals surface area contributed by atoms with Crippen LogP contribution in [0.15, 0.2) is 71.6 Å². The average molecular weight is 542 g/mol. The highest BCUT2D eigenvalue weighted by molar-refractivity contribution is 7.92. The number of benzene rings is 3. The number of sulfonamides is 1. The van der Waals surface area contributed by atoms with E-state index in [4.69, 9.17) is 21.1 Å². The van der Waals surface area contributed by atoms with Crippen molar-refractivity contribution in [2.75, 3.05) is 43.8 Å². The minimum Gasteiger partial charge on any atom is -0.454 e. The lowest BCUT2D eigenvalue weighted by molar-refractivity contribution is -0.131. The first-order valence-corrected chi connectivity index (χ1v) is 13.9. The number of nitrogens with zero attached hydrogens (tertiary/aromatic N) is 3. The molecular weight excluding hydrogens is 514 g/mol. The molecule has 0 N–H and O–H groups in total. The second kappa shape index (κ2) is 10.6. The van der Waals surface area contributed by atoms with E-state index in [-0.39, 0.29) is 24.1 Å². The van der Waals surface area contributed by atoms with Crippen LogP contribution < -0.4 is 13.8 Å². The number of carbonyl (C=O) groups excluding carboxylic acids is 1. The van der Waals surface area contributed by atoms with Crippen LogP contribution in [0.2, 0.25) is 5.02 Å². The van der Waals surface area contributed by atoms with Crippen molar-refractivity contribution in [3.05, 3.63) is 82.9 Å². The number of carbonyl (C=O) groups is 1. The van der Waals surface area contributed by atoms with Gasteiger partial charge >= 0.3 is 0 Å². The molecule has 2 aliphatic rings. The molecule has 0 aromatic heterocycles. The van der Waals surface area contributed by atoms with Gasteiger partial charge in [0, 0.05) is 37.7 Å². The number of ether oxygens (including phenoxy) is 2. The molecule has 1 amide bonds. The number of hydrogen-bond donors (Lipinski definition) is 0. The lowest BCUT2D eigenvalue weighted by atomic mass is 10.1. The topological polar surface area (TPSA) is 79.4 Å².